The van der Waals surface area contributed by atoms with Gasteiger partial charge in [-0.3, -0.25) is 10.1 Å². The number of nitrogens with zero attached hydrogens (tertiary/aromatic N) is 1. The Labute approximate surface area is 171 Å². The van der Waals surface area contributed by atoms with Gasteiger partial charge in [0.05, 0.1) is 0 Å². The smallest absolute Gasteiger partial charge is 0.414 e. The van der Waals surface area contributed by atoms with Gasteiger partial charge in [0.1, 0.15) is 5.75 Å². The number of oxazole rings is 1. The highest BCUT2D eigenvalue weighted by Crippen LogP contribution is 2.33. The Bertz CT molecular complexity index is 1230. The molecule has 1 aliphatic rings. The first-order valence-corrected chi connectivity index (χ1v) is 9.39. The van der Waals surface area contributed by atoms with Crippen molar-refractivity contribution in [2.75, 3.05) is 0 Å². The van der Waals surface area contributed by atoms with Crippen molar-refractivity contribution in [1.82, 2.24) is 10.3 Å². The number of aromatic nitrogens is 1. The van der Waals surface area contributed by atoms with E-state index in [-0.39, 0.29) is 0 Å². The molecule has 0 saturated carbocycles. The Hall–Kier alpha value is -4.13. The van der Waals surface area contributed by atoms with Crippen molar-refractivity contribution in [3.05, 3.63) is 78.4 Å². The Morgan fingerprint density at radius 1 is 0.933 bits per heavy atom. The summed E-state index contributed by atoms with van der Waals surface area (Å²) in [5.74, 6) is 1.30. The fraction of sp³-hybridized carbons (Fsp3) is 0.0870. The van der Waals surface area contributed by atoms with Crippen LogP contribution in [-0.2, 0) is 16.0 Å². The Kier molecular flexibility index (Phi) is 4.40. The summed E-state index contributed by atoms with van der Waals surface area (Å²) < 4.78 is 16.8. The number of carbonyl (C=O) groups excluding carboxylic acids is 2. The lowest BCUT2D eigenvalue weighted by atomic mass is 10.1. The fourth-order valence-corrected chi connectivity index (χ4v) is 3.27. The molecule has 1 saturated heterocycles. The van der Waals surface area contributed by atoms with Gasteiger partial charge in [-0.15, -0.1) is 0 Å². The van der Waals surface area contributed by atoms with E-state index in [9.17, 15) is 9.59 Å². The predicted octanol–water partition coefficient (Wildman–Crippen LogP) is 4.46. The molecule has 7 nitrogen and oxygen atoms in total. The van der Waals surface area contributed by atoms with E-state index in [1.165, 1.54) is 0 Å². The number of rotatable bonds is 5. The van der Waals surface area contributed by atoms with Crippen LogP contribution in [0.2, 0.25) is 0 Å². The van der Waals surface area contributed by atoms with Crippen molar-refractivity contribution in [3.63, 3.8) is 0 Å². The zero-order valence-electron chi connectivity index (χ0n) is 15.7. The van der Waals surface area contributed by atoms with Crippen molar-refractivity contribution in [2.24, 2.45) is 0 Å². The molecule has 1 unspecified atom stereocenters. The molecule has 30 heavy (non-hydrogen) atoms. The van der Waals surface area contributed by atoms with E-state index in [1.54, 1.807) is 12.1 Å². The minimum atomic E-state index is -0.801. The SMILES string of the molecule is O=C1NC(=O)C(Cc2ccc(Oc3cccc4oc(-c5ccccc5)nc34)cc2)O1. The second-order valence-electron chi connectivity index (χ2n) is 6.82. The lowest BCUT2D eigenvalue weighted by molar-refractivity contribution is -0.123. The summed E-state index contributed by atoms with van der Waals surface area (Å²) in [5.41, 5.74) is 3.01. The summed E-state index contributed by atoms with van der Waals surface area (Å²) in [6.45, 7) is 0. The van der Waals surface area contributed by atoms with Crippen LogP contribution in [0.3, 0.4) is 0 Å². The molecule has 1 atom stereocenters. The van der Waals surface area contributed by atoms with Gasteiger partial charge in [-0.05, 0) is 42.0 Å². The average molecular weight is 400 g/mol. The molecule has 0 radical (unpaired) electrons. The van der Waals surface area contributed by atoms with Crippen LogP contribution in [0.4, 0.5) is 4.79 Å². The lowest BCUT2D eigenvalue weighted by Gasteiger charge is -2.09. The van der Waals surface area contributed by atoms with Crippen LogP contribution in [0.15, 0.2) is 77.2 Å². The summed E-state index contributed by atoms with van der Waals surface area (Å²) in [6.07, 6.45) is -1.21. The summed E-state index contributed by atoms with van der Waals surface area (Å²) in [7, 11) is 0. The molecule has 2 amide bonds. The Morgan fingerprint density at radius 3 is 2.47 bits per heavy atom. The van der Waals surface area contributed by atoms with Crippen LogP contribution in [0.5, 0.6) is 11.5 Å². The Morgan fingerprint density at radius 2 is 1.73 bits per heavy atom. The van der Waals surface area contributed by atoms with Crippen molar-refractivity contribution < 1.29 is 23.5 Å². The maximum Gasteiger partial charge on any atom is 0.414 e. The summed E-state index contributed by atoms with van der Waals surface area (Å²) >= 11 is 0. The molecule has 1 N–H and O–H groups in total. The second kappa shape index (κ2) is 7.36. The third-order valence-corrected chi connectivity index (χ3v) is 4.74. The maximum absolute atomic E-state index is 11.6. The van der Waals surface area contributed by atoms with Gasteiger partial charge >= 0.3 is 6.09 Å². The van der Waals surface area contributed by atoms with Gasteiger partial charge in [-0.2, -0.15) is 0 Å². The van der Waals surface area contributed by atoms with Crippen molar-refractivity contribution in [2.45, 2.75) is 12.5 Å². The topological polar surface area (TPSA) is 90.7 Å². The van der Waals surface area contributed by atoms with Crippen LogP contribution in [0, 0.1) is 0 Å². The van der Waals surface area contributed by atoms with E-state index >= 15 is 0 Å². The molecule has 4 aromatic rings. The molecule has 7 heteroatoms. The van der Waals surface area contributed by atoms with Gasteiger partial charge in [0.25, 0.3) is 5.91 Å². The van der Waals surface area contributed by atoms with Crippen LogP contribution in [0.25, 0.3) is 22.6 Å². The Balaban J connectivity index is 1.36. The number of imide groups is 1. The van der Waals surface area contributed by atoms with E-state index in [1.807, 2.05) is 60.7 Å². The van der Waals surface area contributed by atoms with Crippen molar-refractivity contribution >= 4 is 23.1 Å². The molecular weight excluding hydrogens is 384 g/mol. The number of hydrogen-bond acceptors (Lipinski definition) is 6. The van der Waals surface area contributed by atoms with Crippen LogP contribution in [0.1, 0.15) is 5.56 Å². The number of hydrogen-bond donors (Lipinski definition) is 1. The number of fused-ring (bicyclic) bond motifs is 1. The van der Waals surface area contributed by atoms with Gasteiger partial charge in [-0.25, -0.2) is 9.78 Å². The first-order chi connectivity index (χ1) is 14.7. The molecule has 0 bridgehead atoms. The van der Waals surface area contributed by atoms with Crippen molar-refractivity contribution in [1.29, 1.82) is 0 Å². The molecule has 0 aliphatic carbocycles. The number of ether oxygens (including phenoxy) is 2. The summed E-state index contributed by atoms with van der Waals surface area (Å²) in [5, 5.41) is 2.12. The molecule has 1 aromatic heterocycles. The molecule has 3 aromatic carbocycles. The number of nitrogens with one attached hydrogen (secondary N) is 1. The molecular formula is C23H16N2O5. The van der Waals surface area contributed by atoms with Gasteiger partial charge < -0.3 is 13.9 Å². The largest absolute Gasteiger partial charge is 0.455 e. The molecule has 0 spiro atoms. The predicted molar refractivity (Wildman–Crippen MR) is 108 cm³/mol. The summed E-state index contributed by atoms with van der Waals surface area (Å²) in [6, 6.07) is 22.4. The molecule has 1 fully saturated rings. The minimum absolute atomic E-state index is 0.303. The van der Waals surface area contributed by atoms with E-state index in [4.69, 9.17) is 13.9 Å². The quantitative estimate of drug-likeness (QED) is 0.532. The second-order valence-corrected chi connectivity index (χ2v) is 6.82. The van der Waals surface area contributed by atoms with Crippen molar-refractivity contribution in [3.8, 4) is 23.0 Å². The number of benzene rings is 3. The van der Waals surface area contributed by atoms with Crippen LogP contribution < -0.4 is 10.1 Å². The van der Waals surface area contributed by atoms with Gasteiger partial charge in [0, 0.05) is 12.0 Å². The van der Waals surface area contributed by atoms with Gasteiger partial charge in [-0.1, -0.05) is 36.4 Å². The zero-order valence-corrected chi connectivity index (χ0v) is 15.7. The molecule has 5 rings (SSSR count). The van der Waals surface area contributed by atoms with E-state index in [2.05, 4.69) is 10.3 Å². The van der Waals surface area contributed by atoms with Crippen LogP contribution >= 0.6 is 0 Å². The number of amides is 2. The van der Waals surface area contributed by atoms with E-state index in [0.717, 1.165) is 11.1 Å². The van der Waals surface area contributed by atoms with Crippen LogP contribution in [-0.4, -0.2) is 23.1 Å². The third kappa shape index (κ3) is 3.48. The first kappa shape index (κ1) is 17.9. The van der Waals surface area contributed by atoms with E-state index < -0.39 is 18.1 Å². The number of para-hydroxylation sites is 1. The van der Waals surface area contributed by atoms with Gasteiger partial charge in [0.2, 0.25) is 5.89 Å². The monoisotopic (exact) mass is 400 g/mol. The average Bonchev–Trinajstić information content (AvgIpc) is 3.33. The molecule has 1 aliphatic heterocycles. The lowest BCUT2D eigenvalue weighted by Crippen LogP contribution is -2.25. The standard InChI is InChI=1S/C23H16N2O5/c26-21-19(30-23(27)25-21)13-14-9-11-16(12-10-14)28-17-7-4-8-18-20(17)24-22(29-18)15-5-2-1-3-6-15/h1-12,19H,13H2,(H,25,26,27). The fourth-order valence-electron chi connectivity index (χ4n) is 3.27. The first-order valence-electron chi connectivity index (χ1n) is 9.39. The molecule has 148 valence electrons. The maximum atomic E-state index is 11.6. The highest BCUT2D eigenvalue weighted by Gasteiger charge is 2.32. The number of alkyl carbamates (subject to hydrolysis) is 1. The minimum Gasteiger partial charge on any atom is -0.455 e. The summed E-state index contributed by atoms with van der Waals surface area (Å²) in [4.78, 5) is 27.3. The zero-order chi connectivity index (χ0) is 20.5. The normalized spacial score (nSPS) is 15.8. The number of cyclic esters (lactones) is 1. The number of carbonyl (C=O) groups is 2. The highest BCUT2D eigenvalue weighted by molar-refractivity contribution is 6.00. The molecule has 2 heterocycles. The van der Waals surface area contributed by atoms with E-state index in [0.29, 0.717) is 34.9 Å². The van der Waals surface area contributed by atoms with Gasteiger partial charge in [0.15, 0.2) is 23.0 Å². The third-order valence-electron chi connectivity index (χ3n) is 4.74. The highest BCUT2D eigenvalue weighted by atomic mass is 16.6.